The Morgan fingerprint density at radius 2 is 2.14 bits per heavy atom. The summed E-state index contributed by atoms with van der Waals surface area (Å²) in [7, 11) is -3.73. The molecule has 0 aliphatic rings. The van der Waals surface area contributed by atoms with Gasteiger partial charge in [-0.1, -0.05) is 13.0 Å². The van der Waals surface area contributed by atoms with Crippen LogP contribution in [0.3, 0.4) is 0 Å². The first-order valence-electron chi connectivity index (χ1n) is 6.68. The molecule has 2 rings (SSSR count). The van der Waals surface area contributed by atoms with Crippen LogP contribution in [0.1, 0.15) is 24.7 Å². The van der Waals surface area contributed by atoms with Crippen molar-refractivity contribution in [2.45, 2.75) is 38.4 Å². The minimum atomic E-state index is -3.73. The fourth-order valence-corrected chi connectivity index (χ4v) is 2.89. The molecule has 7 nitrogen and oxygen atoms in total. The molecule has 0 spiro atoms. The molecule has 0 aliphatic carbocycles. The lowest BCUT2D eigenvalue weighted by molar-refractivity contribution is 0.597. The van der Waals surface area contributed by atoms with Crippen molar-refractivity contribution in [1.29, 1.82) is 0 Å². The van der Waals surface area contributed by atoms with Crippen LogP contribution < -0.4 is 10.5 Å². The van der Waals surface area contributed by atoms with E-state index in [-0.39, 0.29) is 10.8 Å². The second kappa shape index (κ2) is 6.23. The molecular formula is C13H19N5O2S. The molecule has 114 valence electrons. The molecule has 2 heterocycles. The lowest BCUT2D eigenvalue weighted by atomic mass is 10.3. The van der Waals surface area contributed by atoms with Gasteiger partial charge in [-0.05, 0) is 25.0 Å². The summed E-state index contributed by atoms with van der Waals surface area (Å²) in [6, 6.07) is 3.31. The van der Waals surface area contributed by atoms with Gasteiger partial charge in [-0.15, -0.1) is 0 Å². The minimum Gasteiger partial charge on any atom is -0.334 e. The fourth-order valence-electron chi connectivity index (χ4n) is 1.87. The van der Waals surface area contributed by atoms with Crippen LogP contribution in [0.25, 0.3) is 0 Å². The quantitative estimate of drug-likeness (QED) is 0.836. The molecule has 0 aliphatic heterocycles. The van der Waals surface area contributed by atoms with Crippen molar-refractivity contribution in [2.75, 3.05) is 4.72 Å². The van der Waals surface area contributed by atoms with Crippen molar-refractivity contribution < 1.29 is 8.42 Å². The van der Waals surface area contributed by atoms with Gasteiger partial charge in [-0.25, -0.2) is 9.97 Å². The van der Waals surface area contributed by atoms with E-state index >= 15 is 0 Å². The van der Waals surface area contributed by atoms with Gasteiger partial charge in [0.25, 0.3) is 10.0 Å². The zero-order valence-corrected chi connectivity index (χ0v) is 12.9. The molecule has 0 saturated carbocycles. The van der Waals surface area contributed by atoms with Crippen LogP contribution in [0.15, 0.2) is 29.6 Å². The van der Waals surface area contributed by atoms with Crippen molar-refractivity contribution in [3.05, 3.63) is 35.9 Å². The number of hydrogen-bond donors (Lipinski definition) is 2. The van der Waals surface area contributed by atoms with Crippen LogP contribution >= 0.6 is 0 Å². The third-order valence-corrected chi connectivity index (χ3v) is 4.22. The summed E-state index contributed by atoms with van der Waals surface area (Å²) in [5.41, 5.74) is 6.31. The molecule has 0 bridgehead atoms. The number of imidazole rings is 1. The standard InChI is InChI=1S/C13H19N5O2S/c1-3-6-18-9-13(16-10(18)2)21(19,20)17-12-5-4-11(7-14)8-15-12/h4-5,8-9H,3,6-7,14H2,1-2H3,(H,15,17). The molecule has 0 atom stereocenters. The normalized spacial score (nSPS) is 11.6. The molecule has 8 heteroatoms. The van der Waals surface area contributed by atoms with Crippen molar-refractivity contribution in [3.8, 4) is 0 Å². The van der Waals surface area contributed by atoms with E-state index in [9.17, 15) is 8.42 Å². The maximum atomic E-state index is 12.3. The number of sulfonamides is 1. The summed E-state index contributed by atoms with van der Waals surface area (Å²) in [6.07, 6.45) is 3.99. The molecule has 0 aromatic carbocycles. The summed E-state index contributed by atoms with van der Waals surface area (Å²) in [4.78, 5) is 8.12. The van der Waals surface area contributed by atoms with Crippen LogP contribution in [0.2, 0.25) is 0 Å². The van der Waals surface area contributed by atoms with Gasteiger partial charge in [-0.3, -0.25) is 4.72 Å². The Bertz CT molecular complexity index is 707. The van der Waals surface area contributed by atoms with Crippen molar-refractivity contribution in [3.63, 3.8) is 0 Å². The van der Waals surface area contributed by atoms with Gasteiger partial charge < -0.3 is 10.3 Å². The first-order valence-corrected chi connectivity index (χ1v) is 8.16. The molecule has 2 aromatic rings. The van der Waals surface area contributed by atoms with Gasteiger partial charge in [0.15, 0.2) is 5.03 Å². The summed E-state index contributed by atoms with van der Waals surface area (Å²) in [6.45, 7) is 4.90. The zero-order chi connectivity index (χ0) is 15.5. The second-order valence-corrected chi connectivity index (χ2v) is 6.31. The van der Waals surface area contributed by atoms with Gasteiger partial charge in [0.05, 0.1) is 0 Å². The Morgan fingerprint density at radius 1 is 1.38 bits per heavy atom. The Labute approximate surface area is 124 Å². The average Bonchev–Trinajstić information content (AvgIpc) is 2.82. The number of nitrogens with two attached hydrogens (primary N) is 1. The van der Waals surface area contributed by atoms with E-state index in [0.717, 1.165) is 18.5 Å². The van der Waals surface area contributed by atoms with Crippen molar-refractivity contribution >= 4 is 15.8 Å². The van der Waals surface area contributed by atoms with E-state index in [1.807, 2.05) is 11.5 Å². The number of aromatic nitrogens is 3. The average molecular weight is 309 g/mol. The first-order chi connectivity index (χ1) is 9.96. The monoisotopic (exact) mass is 309 g/mol. The third-order valence-electron chi connectivity index (χ3n) is 2.99. The molecule has 2 aromatic heterocycles. The predicted octanol–water partition coefficient (Wildman–Crippen LogP) is 1.26. The van der Waals surface area contributed by atoms with E-state index in [1.165, 1.54) is 6.20 Å². The topological polar surface area (TPSA) is 103 Å². The Balaban J connectivity index is 2.22. The number of nitrogens with zero attached hydrogens (tertiary/aromatic N) is 3. The van der Waals surface area contributed by atoms with E-state index in [4.69, 9.17) is 5.73 Å². The van der Waals surface area contributed by atoms with Gasteiger partial charge in [0.1, 0.15) is 11.6 Å². The molecule has 0 radical (unpaired) electrons. The highest BCUT2D eigenvalue weighted by atomic mass is 32.2. The Kier molecular flexibility index (Phi) is 4.59. The number of pyridine rings is 1. The largest absolute Gasteiger partial charge is 0.334 e. The Hall–Kier alpha value is -1.93. The molecule has 0 amide bonds. The van der Waals surface area contributed by atoms with Crippen molar-refractivity contribution in [2.24, 2.45) is 5.73 Å². The maximum Gasteiger partial charge on any atom is 0.282 e. The highest BCUT2D eigenvalue weighted by Crippen LogP contribution is 2.14. The number of rotatable bonds is 6. The number of anilines is 1. The van der Waals surface area contributed by atoms with Gasteiger partial charge >= 0.3 is 0 Å². The fraction of sp³-hybridized carbons (Fsp3) is 0.385. The van der Waals surface area contributed by atoms with Crippen LogP contribution in [0.4, 0.5) is 5.82 Å². The molecule has 21 heavy (non-hydrogen) atoms. The minimum absolute atomic E-state index is 0.00171. The number of hydrogen-bond acceptors (Lipinski definition) is 5. The lowest BCUT2D eigenvalue weighted by Crippen LogP contribution is -2.14. The van der Waals surface area contributed by atoms with E-state index in [2.05, 4.69) is 14.7 Å². The van der Waals surface area contributed by atoms with Gasteiger partial charge in [-0.2, -0.15) is 8.42 Å². The van der Waals surface area contributed by atoms with Crippen LogP contribution in [0.5, 0.6) is 0 Å². The molecule has 3 N–H and O–H groups in total. The van der Waals surface area contributed by atoms with Gasteiger partial charge in [0, 0.05) is 25.5 Å². The smallest absolute Gasteiger partial charge is 0.282 e. The van der Waals surface area contributed by atoms with Gasteiger partial charge in [0.2, 0.25) is 0 Å². The van der Waals surface area contributed by atoms with E-state index < -0.39 is 10.0 Å². The molecular weight excluding hydrogens is 290 g/mol. The lowest BCUT2D eigenvalue weighted by Gasteiger charge is -2.05. The molecule has 0 fully saturated rings. The van der Waals surface area contributed by atoms with Crippen LogP contribution in [0, 0.1) is 6.92 Å². The third kappa shape index (κ3) is 3.59. The number of nitrogens with one attached hydrogen (secondary N) is 1. The number of aryl methyl sites for hydroxylation is 2. The molecule has 0 unspecified atom stereocenters. The highest BCUT2D eigenvalue weighted by molar-refractivity contribution is 7.92. The zero-order valence-electron chi connectivity index (χ0n) is 12.1. The highest BCUT2D eigenvalue weighted by Gasteiger charge is 2.19. The summed E-state index contributed by atoms with van der Waals surface area (Å²) in [5, 5.41) is -0.00171. The predicted molar refractivity (Wildman–Crippen MR) is 80.2 cm³/mol. The molecule has 0 saturated heterocycles. The summed E-state index contributed by atoms with van der Waals surface area (Å²) >= 11 is 0. The summed E-state index contributed by atoms with van der Waals surface area (Å²) < 4.78 is 28.8. The van der Waals surface area contributed by atoms with Crippen LogP contribution in [-0.4, -0.2) is 23.0 Å². The first kappa shape index (κ1) is 15.5. The van der Waals surface area contributed by atoms with E-state index in [1.54, 1.807) is 25.3 Å². The van der Waals surface area contributed by atoms with Crippen LogP contribution in [-0.2, 0) is 23.1 Å². The van der Waals surface area contributed by atoms with Crippen molar-refractivity contribution in [1.82, 2.24) is 14.5 Å². The summed E-state index contributed by atoms with van der Waals surface area (Å²) in [5.74, 6) is 0.915. The van der Waals surface area contributed by atoms with E-state index in [0.29, 0.717) is 12.4 Å². The maximum absolute atomic E-state index is 12.3. The second-order valence-electron chi connectivity index (χ2n) is 4.68. The SMILES string of the molecule is CCCn1cc(S(=O)(=O)Nc2ccc(CN)cn2)nc1C. The Morgan fingerprint density at radius 3 is 2.71 bits per heavy atom.